The molecule has 8 heteroatoms. The fraction of sp³-hybridized carbons (Fsp3) is 0.250. The molecule has 1 N–H and O–H groups in total. The monoisotopic (exact) mass is 427 g/mol. The van der Waals surface area contributed by atoms with E-state index in [2.05, 4.69) is 51.5 Å². The third-order valence-electron chi connectivity index (χ3n) is 5.61. The fourth-order valence-corrected chi connectivity index (χ4v) is 4.10. The standard InChI is InChI=1S/C24H23N6O2/c1-15-9-19(3-4-21(15)30-7-8-32-16(2)13-30)28-23-22-17(5-6-27-24(22)31)10-20(29-23)18-11-25-14-26-12-18/h3-6,9-12,14,16H,7-8,13H2,1-2H3,(H,28,29)/t16-/m0/s1. The van der Waals surface area contributed by atoms with Crippen LogP contribution in [0.5, 0.6) is 0 Å². The molecule has 3 aromatic rings. The number of amides is 1. The second kappa shape index (κ2) is 8.39. The predicted octanol–water partition coefficient (Wildman–Crippen LogP) is 3.54. The van der Waals surface area contributed by atoms with E-state index in [0.29, 0.717) is 17.1 Å². The molecule has 1 amide bonds. The molecule has 4 heterocycles. The van der Waals surface area contributed by atoms with Crippen LogP contribution >= 0.6 is 0 Å². The zero-order chi connectivity index (χ0) is 22.1. The Morgan fingerprint density at radius 2 is 2.03 bits per heavy atom. The van der Waals surface area contributed by atoms with Crippen LogP contribution in [-0.4, -0.2) is 46.7 Å². The Bertz CT molecular complexity index is 1190. The van der Waals surface area contributed by atoms with Gasteiger partial charge < -0.3 is 15.0 Å². The molecule has 5 rings (SSSR count). The lowest BCUT2D eigenvalue weighted by Gasteiger charge is -2.34. The summed E-state index contributed by atoms with van der Waals surface area (Å²) >= 11 is 0. The van der Waals surface area contributed by atoms with Crippen LogP contribution in [0.4, 0.5) is 17.2 Å². The molecule has 2 aromatic heterocycles. The van der Waals surface area contributed by atoms with Crippen LogP contribution in [-0.2, 0) is 4.74 Å². The molecule has 0 aliphatic carbocycles. The van der Waals surface area contributed by atoms with Gasteiger partial charge in [-0.1, -0.05) is 0 Å². The summed E-state index contributed by atoms with van der Waals surface area (Å²) in [5.74, 6) is 0.149. The summed E-state index contributed by atoms with van der Waals surface area (Å²) in [5, 5.41) is 7.28. The highest BCUT2D eigenvalue weighted by Crippen LogP contribution is 2.32. The number of nitrogens with one attached hydrogen (secondary N) is 1. The maximum Gasteiger partial charge on any atom is 0.281 e. The Morgan fingerprint density at radius 3 is 2.81 bits per heavy atom. The summed E-state index contributed by atoms with van der Waals surface area (Å²) in [5.41, 5.74) is 5.85. The number of pyridine rings is 1. The van der Waals surface area contributed by atoms with Gasteiger partial charge in [0.15, 0.2) is 0 Å². The molecule has 1 saturated heterocycles. The predicted molar refractivity (Wildman–Crippen MR) is 123 cm³/mol. The van der Waals surface area contributed by atoms with Crippen molar-refractivity contribution in [3.63, 3.8) is 0 Å². The van der Waals surface area contributed by atoms with E-state index in [1.165, 1.54) is 18.2 Å². The molecule has 1 aromatic carbocycles. The molecular formula is C24H23N6O2. The van der Waals surface area contributed by atoms with Crippen LogP contribution in [0.1, 0.15) is 28.4 Å². The highest BCUT2D eigenvalue weighted by molar-refractivity contribution is 6.05. The van der Waals surface area contributed by atoms with Gasteiger partial charge in [-0.15, -0.1) is 0 Å². The number of aryl methyl sites for hydroxylation is 1. The van der Waals surface area contributed by atoms with Crippen molar-refractivity contribution in [2.24, 2.45) is 0 Å². The Kier molecular flexibility index (Phi) is 5.28. The Balaban J connectivity index is 1.50. The van der Waals surface area contributed by atoms with Gasteiger partial charge in [-0.25, -0.2) is 20.3 Å². The highest BCUT2D eigenvalue weighted by Gasteiger charge is 2.23. The first kappa shape index (κ1) is 20.1. The van der Waals surface area contributed by atoms with Crippen LogP contribution in [0.2, 0.25) is 0 Å². The van der Waals surface area contributed by atoms with E-state index in [0.717, 1.165) is 42.1 Å². The highest BCUT2D eigenvalue weighted by atomic mass is 16.5. The van der Waals surface area contributed by atoms with Gasteiger partial charge >= 0.3 is 0 Å². The molecule has 1 radical (unpaired) electrons. The van der Waals surface area contributed by atoms with Crippen LogP contribution < -0.4 is 15.5 Å². The van der Waals surface area contributed by atoms with Gasteiger partial charge in [0, 0.05) is 48.6 Å². The molecule has 0 spiro atoms. The van der Waals surface area contributed by atoms with Crippen LogP contribution in [0.25, 0.3) is 17.3 Å². The lowest BCUT2D eigenvalue weighted by molar-refractivity contribution is 0.0532. The molecule has 161 valence electrons. The fourth-order valence-electron chi connectivity index (χ4n) is 4.10. The van der Waals surface area contributed by atoms with E-state index in [1.807, 2.05) is 18.2 Å². The maximum atomic E-state index is 12.6. The molecule has 2 aliphatic rings. The van der Waals surface area contributed by atoms with E-state index >= 15 is 0 Å². The number of hydrogen-bond donors (Lipinski definition) is 1. The normalized spacial score (nSPS) is 17.6. The number of nitrogens with zero attached hydrogens (tertiary/aromatic N) is 5. The lowest BCUT2D eigenvalue weighted by atomic mass is 10.0. The van der Waals surface area contributed by atoms with Gasteiger partial charge in [-0.05, 0) is 55.3 Å². The van der Waals surface area contributed by atoms with Crippen molar-refractivity contribution < 1.29 is 9.53 Å². The summed E-state index contributed by atoms with van der Waals surface area (Å²) in [7, 11) is 0. The smallest absolute Gasteiger partial charge is 0.281 e. The van der Waals surface area contributed by atoms with Crippen molar-refractivity contribution in [1.82, 2.24) is 20.3 Å². The number of rotatable bonds is 4. The van der Waals surface area contributed by atoms with E-state index in [1.54, 1.807) is 12.4 Å². The number of morpholine rings is 1. The number of anilines is 3. The molecule has 0 bridgehead atoms. The van der Waals surface area contributed by atoms with E-state index in [-0.39, 0.29) is 12.0 Å². The van der Waals surface area contributed by atoms with Gasteiger partial charge in [-0.2, -0.15) is 0 Å². The van der Waals surface area contributed by atoms with Crippen molar-refractivity contribution >= 4 is 29.2 Å². The van der Waals surface area contributed by atoms with E-state index in [9.17, 15) is 4.79 Å². The molecule has 8 nitrogen and oxygen atoms in total. The quantitative estimate of drug-likeness (QED) is 0.680. The zero-order valence-corrected chi connectivity index (χ0v) is 17.9. The van der Waals surface area contributed by atoms with Crippen LogP contribution in [0.15, 0.2) is 49.2 Å². The first-order valence-corrected chi connectivity index (χ1v) is 10.5. The minimum absolute atomic E-state index is 0.212. The van der Waals surface area contributed by atoms with Gasteiger partial charge in [0.2, 0.25) is 0 Å². The van der Waals surface area contributed by atoms with Gasteiger partial charge in [0.25, 0.3) is 5.91 Å². The minimum Gasteiger partial charge on any atom is -0.375 e. The number of fused-ring (bicyclic) bond motifs is 1. The first-order chi connectivity index (χ1) is 15.6. The minimum atomic E-state index is -0.316. The number of benzene rings is 1. The summed E-state index contributed by atoms with van der Waals surface area (Å²) in [6.45, 7) is 6.65. The van der Waals surface area contributed by atoms with E-state index < -0.39 is 0 Å². The number of hydrogen-bond acceptors (Lipinski definition) is 7. The molecule has 2 aliphatic heterocycles. The second-order valence-electron chi connectivity index (χ2n) is 7.95. The zero-order valence-electron chi connectivity index (χ0n) is 17.9. The third-order valence-corrected chi connectivity index (χ3v) is 5.61. The molecule has 1 fully saturated rings. The molecule has 0 unspecified atom stereocenters. The number of carbonyl (C=O) groups excluding carboxylic acids is 1. The third kappa shape index (κ3) is 3.92. The summed E-state index contributed by atoms with van der Waals surface area (Å²) in [4.78, 5) is 27.8. The molecular weight excluding hydrogens is 404 g/mol. The number of ether oxygens (including phenoxy) is 1. The molecule has 0 saturated carbocycles. The molecule has 32 heavy (non-hydrogen) atoms. The van der Waals surface area contributed by atoms with Crippen LogP contribution in [0, 0.1) is 6.92 Å². The number of aromatic nitrogens is 3. The SMILES string of the molecule is Cc1cc(Nc2nc(-c3cncnc3)cc3c2C(=O)[N]C=C3)ccc1N1CCO[C@@H](C)C1. The topological polar surface area (TPSA) is 94.3 Å². The Hall–Kier alpha value is -3.78. The summed E-state index contributed by atoms with van der Waals surface area (Å²) in [6.07, 6.45) is 8.42. The van der Waals surface area contributed by atoms with Gasteiger partial charge in [0.1, 0.15) is 12.1 Å². The van der Waals surface area contributed by atoms with Crippen molar-refractivity contribution in [1.29, 1.82) is 0 Å². The van der Waals surface area contributed by atoms with Crippen LogP contribution in [0.3, 0.4) is 0 Å². The molecule has 1 atom stereocenters. The van der Waals surface area contributed by atoms with Crippen molar-refractivity contribution in [3.05, 3.63) is 65.9 Å². The van der Waals surface area contributed by atoms with Crippen molar-refractivity contribution in [2.75, 3.05) is 29.9 Å². The maximum absolute atomic E-state index is 12.6. The van der Waals surface area contributed by atoms with Gasteiger partial charge in [0.05, 0.1) is 24.0 Å². The van der Waals surface area contributed by atoms with Crippen molar-refractivity contribution in [2.45, 2.75) is 20.0 Å². The Labute approximate surface area is 186 Å². The van der Waals surface area contributed by atoms with Crippen molar-refractivity contribution in [3.8, 4) is 11.3 Å². The second-order valence-corrected chi connectivity index (χ2v) is 7.95. The lowest BCUT2D eigenvalue weighted by Crippen LogP contribution is -2.41. The largest absolute Gasteiger partial charge is 0.375 e. The van der Waals surface area contributed by atoms with Gasteiger partial charge in [-0.3, -0.25) is 4.79 Å². The average Bonchev–Trinajstić information content (AvgIpc) is 2.79. The Morgan fingerprint density at radius 1 is 1.19 bits per heavy atom. The average molecular weight is 427 g/mol. The first-order valence-electron chi connectivity index (χ1n) is 10.5. The van der Waals surface area contributed by atoms with E-state index in [4.69, 9.17) is 9.72 Å². The summed E-state index contributed by atoms with van der Waals surface area (Å²) in [6, 6.07) is 8.04. The summed E-state index contributed by atoms with van der Waals surface area (Å²) < 4.78 is 5.67. The number of carbonyl (C=O) groups is 1.